The first-order valence-electron chi connectivity index (χ1n) is 13.2. The molecule has 0 bridgehead atoms. The molecule has 0 aromatic heterocycles. The Morgan fingerprint density at radius 3 is 1.44 bits per heavy atom. The monoisotopic (exact) mass is 482 g/mol. The fourth-order valence-electron chi connectivity index (χ4n) is 3.39. The smallest absolute Gasteiger partial charge is 0.343 e. The SMILES string of the molecule is CCCCCCCCOc1c(O)c(C(=O)O)c(OCCCC)c(OCCCC)c1OCCCC. The van der Waals surface area contributed by atoms with Gasteiger partial charge in [-0.3, -0.25) is 0 Å². The van der Waals surface area contributed by atoms with Gasteiger partial charge >= 0.3 is 5.97 Å². The van der Waals surface area contributed by atoms with Crippen LogP contribution < -0.4 is 18.9 Å². The molecule has 1 aromatic rings. The van der Waals surface area contributed by atoms with Crippen LogP contribution in [0.25, 0.3) is 0 Å². The van der Waals surface area contributed by atoms with Crippen molar-refractivity contribution >= 4 is 5.97 Å². The fourth-order valence-corrected chi connectivity index (χ4v) is 3.39. The minimum atomic E-state index is -1.30. The maximum atomic E-state index is 12.2. The number of aromatic carboxylic acids is 1. The molecule has 0 fully saturated rings. The summed E-state index contributed by atoms with van der Waals surface area (Å²) in [6, 6.07) is 0. The molecule has 0 saturated heterocycles. The van der Waals surface area contributed by atoms with Crippen LogP contribution in [0.5, 0.6) is 28.7 Å². The maximum absolute atomic E-state index is 12.2. The van der Waals surface area contributed by atoms with Crippen molar-refractivity contribution in [2.75, 3.05) is 26.4 Å². The number of unbranched alkanes of at least 4 members (excludes halogenated alkanes) is 8. The zero-order chi connectivity index (χ0) is 25.2. The molecule has 0 saturated carbocycles. The molecule has 0 radical (unpaired) electrons. The second kappa shape index (κ2) is 18.1. The molecule has 0 aliphatic carbocycles. The molecule has 1 aromatic carbocycles. The van der Waals surface area contributed by atoms with Crippen molar-refractivity contribution < 1.29 is 34.0 Å². The summed E-state index contributed by atoms with van der Waals surface area (Å²) < 4.78 is 23.9. The van der Waals surface area contributed by atoms with Gasteiger partial charge in [0, 0.05) is 0 Å². The molecule has 196 valence electrons. The minimum Gasteiger partial charge on any atom is -0.503 e. The fraction of sp³-hybridized carbons (Fsp3) is 0.741. The molecule has 0 amide bonds. The van der Waals surface area contributed by atoms with Gasteiger partial charge in [0.15, 0.2) is 17.1 Å². The predicted octanol–water partition coefficient (Wildman–Crippen LogP) is 7.37. The van der Waals surface area contributed by atoms with E-state index in [0.717, 1.165) is 57.8 Å². The number of hydrogen-bond donors (Lipinski definition) is 2. The Bertz CT molecular complexity index is 703. The van der Waals surface area contributed by atoms with E-state index in [2.05, 4.69) is 20.8 Å². The summed E-state index contributed by atoms with van der Waals surface area (Å²) >= 11 is 0. The lowest BCUT2D eigenvalue weighted by atomic mass is 10.1. The highest BCUT2D eigenvalue weighted by Crippen LogP contribution is 2.53. The summed E-state index contributed by atoms with van der Waals surface area (Å²) in [5, 5.41) is 20.9. The van der Waals surface area contributed by atoms with E-state index < -0.39 is 11.7 Å². The van der Waals surface area contributed by atoms with Crippen molar-refractivity contribution in [2.45, 2.75) is 105 Å². The number of rotatable bonds is 21. The van der Waals surface area contributed by atoms with Crippen LogP contribution >= 0.6 is 0 Å². The van der Waals surface area contributed by atoms with Gasteiger partial charge in [0.2, 0.25) is 17.2 Å². The van der Waals surface area contributed by atoms with E-state index in [1.807, 2.05) is 6.92 Å². The van der Waals surface area contributed by atoms with Crippen molar-refractivity contribution in [3.8, 4) is 28.7 Å². The van der Waals surface area contributed by atoms with Crippen molar-refractivity contribution in [2.24, 2.45) is 0 Å². The van der Waals surface area contributed by atoms with Crippen LogP contribution in [0.2, 0.25) is 0 Å². The summed E-state index contributed by atoms with van der Waals surface area (Å²) in [5.41, 5.74) is -0.344. The van der Waals surface area contributed by atoms with Crippen LogP contribution in [0.4, 0.5) is 0 Å². The Labute approximate surface area is 205 Å². The highest BCUT2D eigenvalue weighted by Gasteiger charge is 2.32. The first-order valence-corrected chi connectivity index (χ1v) is 13.2. The van der Waals surface area contributed by atoms with Gasteiger partial charge < -0.3 is 29.2 Å². The summed E-state index contributed by atoms with van der Waals surface area (Å²) in [6.07, 6.45) is 11.6. The number of aromatic hydroxyl groups is 1. The quantitative estimate of drug-likeness (QED) is 0.177. The zero-order valence-electron chi connectivity index (χ0n) is 21.7. The Hall–Kier alpha value is -2.31. The molecule has 34 heavy (non-hydrogen) atoms. The third-order valence-electron chi connectivity index (χ3n) is 5.49. The van der Waals surface area contributed by atoms with Crippen LogP contribution in [0.15, 0.2) is 0 Å². The number of ether oxygens (including phenoxy) is 4. The number of carbonyl (C=O) groups is 1. The molecule has 0 unspecified atom stereocenters. The molecule has 7 heteroatoms. The third-order valence-corrected chi connectivity index (χ3v) is 5.49. The highest BCUT2D eigenvalue weighted by molar-refractivity contribution is 5.97. The van der Waals surface area contributed by atoms with E-state index in [0.29, 0.717) is 26.4 Å². The number of benzene rings is 1. The summed E-state index contributed by atoms with van der Waals surface area (Å²) in [5.74, 6) is -1.31. The van der Waals surface area contributed by atoms with Crippen molar-refractivity contribution in [3.05, 3.63) is 5.56 Å². The van der Waals surface area contributed by atoms with Gasteiger partial charge in [0.25, 0.3) is 0 Å². The maximum Gasteiger partial charge on any atom is 0.343 e. The lowest BCUT2D eigenvalue weighted by Gasteiger charge is -2.23. The summed E-state index contributed by atoms with van der Waals surface area (Å²) in [6.45, 7) is 9.76. The Morgan fingerprint density at radius 1 is 0.559 bits per heavy atom. The van der Waals surface area contributed by atoms with Gasteiger partial charge in [0.05, 0.1) is 26.4 Å². The van der Waals surface area contributed by atoms with Gasteiger partial charge in [-0.2, -0.15) is 0 Å². The van der Waals surface area contributed by atoms with E-state index >= 15 is 0 Å². The van der Waals surface area contributed by atoms with Gasteiger partial charge in [-0.25, -0.2) is 4.79 Å². The summed E-state index contributed by atoms with van der Waals surface area (Å²) in [7, 11) is 0. The van der Waals surface area contributed by atoms with Crippen molar-refractivity contribution in [1.82, 2.24) is 0 Å². The summed E-state index contributed by atoms with van der Waals surface area (Å²) in [4.78, 5) is 12.2. The van der Waals surface area contributed by atoms with Gasteiger partial charge in [-0.1, -0.05) is 79.1 Å². The lowest BCUT2D eigenvalue weighted by Crippen LogP contribution is -2.12. The minimum absolute atomic E-state index is 0.00738. The molecule has 0 heterocycles. The number of carboxylic acid groups (broad SMARTS) is 1. The first-order chi connectivity index (χ1) is 16.5. The number of phenols is 1. The van der Waals surface area contributed by atoms with Crippen LogP contribution in [-0.2, 0) is 0 Å². The van der Waals surface area contributed by atoms with Crippen LogP contribution in [0.3, 0.4) is 0 Å². The first kappa shape index (κ1) is 29.7. The molecule has 0 aliphatic heterocycles. The molecule has 0 spiro atoms. The molecular formula is C27H46O7. The van der Waals surface area contributed by atoms with Crippen LogP contribution in [-0.4, -0.2) is 42.6 Å². The molecular weight excluding hydrogens is 436 g/mol. The number of carboxylic acids is 1. The van der Waals surface area contributed by atoms with E-state index in [-0.39, 0.29) is 28.6 Å². The molecule has 0 atom stereocenters. The number of hydrogen-bond acceptors (Lipinski definition) is 6. The average molecular weight is 483 g/mol. The standard InChI is InChI=1S/C27H46O7/c1-5-9-13-14-15-16-20-32-24-22(28)21(27(29)30)23(31-17-10-6-2)25(33-18-11-7-3)26(24)34-19-12-8-4/h28H,5-20H2,1-4H3,(H,29,30). The second-order valence-electron chi connectivity index (χ2n) is 8.57. The highest BCUT2D eigenvalue weighted by atomic mass is 16.6. The molecule has 1 rings (SSSR count). The van der Waals surface area contributed by atoms with Gasteiger partial charge in [0.1, 0.15) is 0 Å². The molecule has 7 nitrogen and oxygen atoms in total. The van der Waals surface area contributed by atoms with Crippen LogP contribution in [0.1, 0.15) is 115 Å². The van der Waals surface area contributed by atoms with E-state index in [1.165, 1.54) is 19.3 Å². The van der Waals surface area contributed by atoms with Crippen LogP contribution in [0, 0.1) is 0 Å². The molecule has 0 aliphatic rings. The van der Waals surface area contributed by atoms with Crippen molar-refractivity contribution in [3.63, 3.8) is 0 Å². The Morgan fingerprint density at radius 2 is 0.941 bits per heavy atom. The van der Waals surface area contributed by atoms with Gasteiger partial charge in [-0.05, 0) is 25.7 Å². The normalized spacial score (nSPS) is 10.8. The zero-order valence-corrected chi connectivity index (χ0v) is 21.7. The van der Waals surface area contributed by atoms with Crippen molar-refractivity contribution in [1.29, 1.82) is 0 Å². The largest absolute Gasteiger partial charge is 0.503 e. The second-order valence-corrected chi connectivity index (χ2v) is 8.57. The third kappa shape index (κ3) is 9.90. The van der Waals surface area contributed by atoms with Gasteiger partial charge in [-0.15, -0.1) is 0 Å². The van der Waals surface area contributed by atoms with E-state index in [4.69, 9.17) is 18.9 Å². The van der Waals surface area contributed by atoms with E-state index in [9.17, 15) is 15.0 Å². The lowest BCUT2D eigenvalue weighted by molar-refractivity contribution is 0.0685. The topological polar surface area (TPSA) is 94.5 Å². The van der Waals surface area contributed by atoms with E-state index in [1.54, 1.807) is 0 Å². The predicted molar refractivity (Wildman–Crippen MR) is 135 cm³/mol. The Balaban J connectivity index is 3.34. The molecule has 2 N–H and O–H groups in total. The Kier molecular flexibility index (Phi) is 15.8. The average Bonchev–Trinajstić information content (AvgIpc) is 2.81.